The monoisotopic (exact) mass is 276 g/mol. The Morgan fingerprint density at radius 2 is 2.11 bits per heavy atom. The minimum absolute atomic E-state index is 0.263. The molecule has 4 heteroatoms. The molecule has 0 aliphatic carbocycles. The predicted octanol–water partition coefficient (Wildman–Crippen LogP) is 4.49. The van der Waals surface area contributed by atoms with Crippen LogP contribution in [0, 0.1) is 11.3 Å². The maximum atomic E-state index is 8.93. The van der Waals surface area contributed by atoms with Crippen LogP contribution >= 0.6 is 23.2 Å². The molecule has 0 unspecified atom stereocenters. The zero-order valence-corrected chi connectivity index (χ0v) is 11.3. The molecule has 0 atom stereocenters. The van der Waals surface area contributed by atoms with E-state index in [1.807, 2.05) is 37.3 Å². The van der Waals surface area contributed by atoms with Crippen LogP contribution in [0.15, 0.2) is 30.5 Å². The van der Waals surface area contributed by atoms with Crippen LogP contribution in [-0.4, -0.2) is 4.98 Å². The molecule has 18 heavy (non-hydrogen) atoms. The van der Waals surface area contributed by atoms with Gasteiger partial charge in [-0.15, -0.1) is 0 Å². The fourth-order valence-electron chi connectivity index (χ4n) is 1.85. The molecule has 0 aliphatic heterocycles. The van der Waals surface area contributed by atoms with E-state index >= 15 is 0 Å². The average molecular weight is 277 g/mol. The average Bonchev–Trinajstić information content (AvgIpc) is 2.38. The van der Waals surface area contributed by atoms with Crippen LogP contribution < -0.4 is 0 Å². The first-order valence-corrected chi connectivity index (χ1v) is 6.26. The van der Waals surface area contributed by atoms with E-state index in [9.17, 15) is 0 Å². The largest absolute Gasteiger partial charge is 0.243 e. The van der Waals surface area contributed by atoms with Crippen LogP contribution in [0.3, 0.4) is 0 Å². The van der Waals surface area contributed by atoms with Crippen molar-refractivity contribution < 1.29 is 0 Å². The summed E-state index contributed by atoms with van der Waals surface area (Å²) in [5, 5.41) is 10.0. The molecule has 0 saturated carbocycles. The normalized spacial score (nSPS) is 10.1. The number of hydrogen-bond donors (Lipinski definition) is 0. The number of nitrogens with zero attached hydrogens (tertiary/aromatic N) is 2. The van der Waals surface area contributed by atoms with Gasteiger partial charge in [-0.1, -0.05) is 42.3 Å². The number of pyridine rings is 1. The second kappa shape index (κ2) is 5.39. The molecule has 0 aliphatic rings. The molecule has 1 aromatic heterocycles. The Bertz CT molecular complexity index is 630. The Balaban J connectivity index is 2.66. The van der Waals surface area contributed by atoms with E-state index in [-0.39, 0.29) is 5.69 Å². The van der Waals surface area contributed by atoms with E-state index in [1.165, 1.54) is 0 Å². The van der Waals surface area contributed by atoms with E-state index in [1.54, 1.807) is 6.20 Å². The topological polar surface area (TPSA) is 36.7 Å². The third-order valence-electron chi connectivity index (χ3n) is 2.72. The molecular formula is C14H10Cl2N2. The summed E-state index contributed by atoms with van der Waals surface area (Å²) in [5.74, 6) is 0. The number of aromatic nitrogens is 1. The van der Waals surface area contributed by atoms with Crippen molar-refractivity contribution in [2.24, 2.45) is 0 Å². The third-order valence-corrected chi connectivity index (χ3v) is 3.36. The maximum absolute atomic E-state index is 8.93. The van der Waals surface area contributed by atoms with Gasteiger partial charge in [0.1, 0.15) is 6.07 Å². The van der Waals surface area contributed by atoms with E-state index in [2.05, 4.69) is 4.98 Å². The van der Waals surface area contributed by atoms with E-state index < -0.39 is 0 Å². The maximum Gasteiger partial charge on any atom is 0.159 e. The lowest BCUT2D eigenvalue weighted by Crippen LogP contribution is -1.95. The third kappa shape index (κ3) is 2.33. The molecule has 1 aromatic carbocycles. The smallest absolute Gasteiger partial charge is 0.159 e. The molecule has 90 valence electrons. The van der Waals surface area contributed by atoms with Crippen LogP contribution in [-0.2, 0) is 6.42 Å². The van der Waals surface area contributed by atoms with Gasteiger partial charge in [-0.25, -0.2) is 4.98 Å². The van der Waals surface area contributed by atoms with Gasteiger partial charge in [-0.05, 0) is 29.7 Å². The van der Waals surface area contributed by atoms with Crippen molar-refractivity contribution in [3.8, 4) is 17.2 Å². The molecule has 0 fully saturated rings. The van der Waals surface area contributed by atoms with Gasteiger partial charge in [-0.3, -0.25) is 0 Å². The summed E-state index contributed by atoms with van der Waals surface area (Å²) in [6.45, 7) is 2.00. The van der Waals surface area contributed by atoms with Crippen molar-refractivity contribution >= 4 is 23.2 Å². The van der Waals surface area contributed by atoms with Gasteiger partial charge in [0.2, 0.25) is 0 Å². The summed E-state index contributed by atoms with van der Waals surface area (Å²) in [6.07, 6.45) is 2.41. The van der Waals surface area contributed by atoms with Crippen molar-refractivity contribution in [3.05, 3.63) is 51.8 Å². The number of hydrogen-bond acceptors (Lipinski definition) is 2. The van der Waals surface area contributed by atoms with Gasteiger partial charge >= 0.3 is 0 Å². The Labute approximate surface area is 116 Å². The van der Waals surface area contributed by atoms with Gasteiger partial charge in [-0.2, -0.15) is 5.26 Å². The summed E-state index contributed by atoms with van der Waals surface area (Å²) < 4.78 is 0. The van der Waals surface area contributed by atoms with E-state index in [4.69, 9.17) is 28.5 Å². The van der Waals surface area contributed by atoms with Crippen molar-refractivity contribution in [2.75, 3.05) is 0 Å². The number of rotatable bonds is 2. The predicted molar refractivity (Wildman–Crippen MR) is 73.8 cm³/mol. The first kappa shape index (κ1) is 12.9. The van der Waals surface area contributed by atoms with Gasteiger partial charge in [0.05, 0.1) is 5.02 Å². The van der Waals surface area contributed by atoms with Crippen molar-refractivity contribution in [2.45, 2.75) is 13.3 Å². The molecule has 0 radical (unpaired) electrons. The number of benzene rings is 1. The zero-order chi connectivity index (χ0) is 13.1. The van der Waals surface area contributed by atoms with Crippen molar-refractivity contribution in [1.29, 1.82) is 5.26 Å². The molecule has 2 rings (SSSR count). The lowest BCUT2D eigenvalue weighted by atomic mass is 9.99. The quantitative estimate of drug-likeness (QED) is 0.810. The van der Waals surface area contributed by atoms with Crippen LogP contribution in [0.5, 0.6) is 0 Å². The van der Waals surface area contributed by atoms with E-state index in [0.29, 0.717) is 10.0 Å². The Morgan fingerprint density at radius 1 is 1.33 bits per heavy atom. The van der Waals surface area contributed by atoms with Crippen LogP contribution in [0.25, 0.3) is 11.1 Å². The highest BCUT2D eigenvalue weighted by molar-refractivity contribution is 6.33. The summed E-state index contributed by atoms with van der Waals surface area (Å²) in [5.41, 5.74) is 3.06. The highest BCUT2D eigenvalue weighted by atomic mass is 35.5. The molecule has 2 aromatic rings. The first-order valence-electron chi connectivity index (χ1n) is 5.50. The minimum Gasteiger partial charge on any atom is -0.243 e. The Morgan fingerprint density at radius 3 is 2.72 bits per heavy atom. The second-order valence-corrected chi connectivity index (χ2v) is 4.60. The SMILES string of the molecule is CCc1c(-c2cccc(Cl)c2)cnc(C#N)c1Cl. The molecule has 1 heterocycles. The standard InChI is InChI=1S/C14H10Cl2N2/c1-2-11-12(8-18-13(7-17)14(11)16)9-4-3-5-10(15)6-9/h3-6,8H,2H2,1H3. The summed E-state index contributed by atoms with van der Waals surface area (Å²) >= 11 is 12.2. The van der Waals surface area contributed by atoms with Crippen LogP contribution in [0.4, 0.5) is 0 Å². The number of nitriles is 1. The molecule has 0 spiro atoms. The molecule has 0 saturated heterocycles. The molecule has 0 bridgehead atoms. The molecule has 0 amide bonds. The lowest BCUT2D eigenvalue weighted by Gasteiger charge is -2.10. The van der Waals surface area contributed by atoms with Gasteiger partial charge in [0.25, 0.3) is 0 Å². The van der Waals surface area contributed by atoms with Crippen LogP contribution in [0.1, 0.15) is 18.2 Å². The van der Waals surface area contributed by atoms with Gasteiger partial charge < -0.3 is 0 Å². The van der Waals surface area contributed by atoms with E-state index in [0.717, 1.165) is 23.1 Å². The van der Waals surface area contributed by atoms with Crippen molar-refractivity contribution in [3.63, 3.8) is 0 Å². The van der Waals surface area contributed by atoms with Gasteiger partial charge in [0.15, 0.2) is 5.69 Å². The summed E-state index contributed by atoms with van der Waals surface area (Å²) in [7, 11) is 0. The Hall–Kier alpha value is -1.56. The molecule has 2 nitrogen and oxygen atoms in total. The zero-order valence-electron chi connectivity index (χ0n) is 9.74. The van der Waals surface area contributed by atoms with Crippen LogP contribution in [0.2, 0.25) is 10.0 Å². The summed E-state index contributed by atoms with van der Waals surface area (Å²) in [4.78, 5) is 4.08. The molecule has 0 N–H and O–H groups in total. The fourth-order valence-corrected chi connectivity index (χ4v) is 2.37. The lowest BCUT2D eigenvalue weighted by molar-refractivity contribution is 1.11. The number of halogens is 2. The summed E-state index contributed by atoms with van der Waals surface area (Å²) in [6, 6.07) is 9.49. The molecular weight excluding hydrogens is 267 g/mol. The van der Waals surface area contributed by atoms with Crippen molar-refractivity contribution in [1.82, 2.24) is 4.98 Å². The first-order chi connectivity index (χ1) is 8.67. The second-order valence-electron chi connectivity index (χ2n) is 3.79. The van der Waals surface area contributed by atoms with Gasteiger partial charge in [0, 0.05) is 16.8 Å². The highest BCUT2D eigenvalue weighted by Crippen LogP contribution is 2.31. The highest BCUT2D eigenvalue weighted by Gasteiger charge is 2.13. The Kier molecular flexibility index (Phi) is 3.86. The minimum atomic E-state index is 0.263. The fraction of sp³-hybridized carbons (Fsp3) is 0.143.